The third-order valence-corrected chi connectivity index (χ3v) is 5.35. The van der Waals surface area contributed by atoms with Gasteiger partial charge >= 0.3 is 0 Å². The Morgan fingerprint density at radius 3 is 1.89 bits per heavy atom. The Bertz CT molecular complexity index is 281. The zero-order valence-corrected chi connectivity index (χ0v) is 12.4. The van der Waals surface area contributed by atoms with E-state index in [2.05, 4.69) is 35.5 Å². The Morgan fingerprint density at radius 2 is 1.44 bits per heavy atom. The molecule has 104 valence electrons. The van der Waals surface area contributed by atoms with E-state index in [4.69, 9.17) is 0 Å². The molecule has 0 spiro atoms. The molecule has 0 radical (unpaired) electrons. The van der Waals surface area contributed by atoms with Crippen LogP contribution in [0.15, 0.2) is 0 Å². The van der Waals surface area contributed by atoms with Gasteiger partial charge in [0.25, 0.3) is 0 Å². The molecule has 0 aromatic carbocycles. The molecule has 1 atom stereocenters. The van der Waals surface area contributed by atoms with Crippen LogP contribution in [0.25, 0.3) is 0 Å². The smallest absolute Gasteiger partial charge is 0.0253 e. The zero-order chi connectivity index (χ0) is 12.8. The highest BCUT2D eigenvalue weighted by atomic mass is 15.3. The van der Waals surface area contributed by atoms with Crippen molar-refractivity contribution in [2.45, 2.75) is 45.2 Å². The molecule has 18 heavy (non-hydrogen) atoms. The largest absolute Gasteiger partial charge is 0.302 e. The lowest BCUT2D eigenvalue weighted by atomic mass is 9.83. The summed E-state index contributed by atoms with van der Waals surface area (Å²) in [4.78, 5) is 8.11. The molecule has 3 nitrogen and oxygen atoms in total. The second kappa shape index (κ2) is 4.77. The predicted octanol–water partition coefficient (Wildman–Crippen LogP) is 1.50. The van der Waals surface area contributed by atoms with Crippen molar-refractivity contribution in [3.05, 3.63) is 0 Å². The number of piperazine rings is 1. The molecule has 0 aromatic rings. The molecule has 0 N–H and O–H groups in total. The van der Waals surface area contributed by atoms with E-state index in [1.807, 2.05) is 0 Å². The van der Waals surface area contributed by atoms with Gasteiger partial charge in [0.15, 0.2) is 0 Å². The molecule has 4 aliphatic rings. The second-order valence-electron chi connectivity index (χ2n) is 7.40. The van der Waals surface area contributed by atoms with Crippen molar-refractivity contribution >= 4 is 0 Å². The average molecular weight is 251 g/mol. The topological polar surface area (TPSA) is 9.72 Å². The highest BCUT2D eigenvalue weighted by Gasteiger charge is 2.39. The van der Waals surface area contributed by atoms with Gasteiger partial charge in [-0.2, -0.15) is 0 Å². The zero-order valence-electron chi connectivity index (χ0n) is 12.4. The lowest BCUT2D eigenvalue weighted by Gasteiger charge is -2.52. The molecule has 4 rings (SSSR count). The van der Waals surface area contributed by atoms with Crippen LogP contribution in [-0.2, 0) is 0 Å². The van der Waals surface area contributed by atoms with Crippen molar-refractivity contribution < 1.29 is 0 Å². The maximum absolute atomic E-state index is 2.79. The molecule has 4 aliphatic heterocycles. The minimum Gasteiger partial charge on any atom is -0.302 e. The Kier molecular flexibility index (Phi) is 3.41. The van der Waals surface area contributed by atoms with Gasteiger partial charge in [0.2, 0.25) is 0 Å². The van der Waals surface area contributed by atoms with Gasteiger partial charge in [-0.1, -0.05) is 0 Å². The van der Waals surface area contributed by atoms with E-state index in [-0.39, 0.29) is 0 Å². The lowest BCUT2D eigenvalue weighted by Crippen LogP contribution is -2.62. The fourth-order valence-electron chi connectivity index (χ4n) is 4.07. The molecule has 3 heteroatoms. The van der Waals surface area contributed by atoms with Crippen molar-refractivity contribution in [2.75, 3.05) is 45.8 Å². The normalized spacial score (nSPS) is 39.2. The molecule has 1 unspecified atom stereocenters. The van der Waals surface area contributed by atoms with E-state index in [9.17, 15) is 0 Å². The molecular formula is C15H29N3. The summed E-state index contributed by atoms with van der Waals surface area (Å²) in [6, 6.07) is 0.870. The van der Waals surface area contributed by atoms with E-state index in [1.165, 1.54) is 58.7 Å². The number of fused-ring (bicyclic) bond motifs is 3. The van der Waals surface area contributed by atoms with Gasteiger partial charge in [0, 0.05) is 44.3 Å². The van der Waals surface area contributed by atoms with Gasteiger partial charge in [0.1, 0.15) is 0 Å². The van der Waals surface area contributed by atoms with Crippen LogP contribution >= 0.6 is 0 Å². The first-order chi connectivity index (χ1) is 8.54. The summed E-state index contributed by atoms with van der Waals surface area (Å²) in [6.07, 6.45) is 2.90. The molecule has 0 aromatic heterocycles. The van der Waals surface area contributed by atoms with Crippen molar-refractivity contribution in [3.8, 4) is 0 Å². The van der Waals surface area contributed by atoms with Gasteiger partial charge < -0.3 is 4.90 Å². The number of hydrogen-bond acceptors (Lipinski definition) is 3. The second-order valence-corrected chi connectivity index (χ2v) is 7.40. The van der Waals surface area contributed by atoms with E-state index in [1.54, 1.807) is 0 Å². The highest BCUT2D eigenvalue weighted by molar-refractivity contribution is 4.94. The van der Waals surface area contributed by atoms with Crippen molar-refractivity contribution in [2.24, 2.45) is 5.92 Å². The minimum atomic E-state index is 0.348. The van der Waals surface area contributed by atoms with E-state index < -0.39 is 0 Å². The number of piperidine rings is 3. The quantitative estimate of drug-likeness (QED) is 0.699. The van der Waals surface area contributed by atoms with Gasteiger partial charge in [-0.25, -0.2) is 0 Å². The minimum absolute atomic E-state index is 0.348. The first kappa shape index (κ1) is 12.9. The summed E-state index contributed by atoms with van der Waals surface area (Å²) >= 11 is 0. The summed E-state index contributed by atoms with van der Waals surface area (Å²) in [5.74, 6) is 0.996. The number of hydrogen-bond donors (Lipinski definition) is 0. The van der Waals surface area contributed by atoms with Gasteiger partial charge in [-0.3, -0.25) is 9.80 Å². The Hall–Kier alpha value is -0.120. The lowest BCUT2D eigenvalue weighted by molar-refractivity contribution is -0.0286. The van der Waals surface area contributed by atoms with Crippen LogP contribution in [0.4, 0.5) is 0 Å². The Morgan fingerprint density at radius 1 is 0.833 bits per heavy atom. The fourth-order valence-corrected chi connectivity index (χ4v) is 4.07. The molecule has 0 aliphatic carbocycles. The fraction of sp³-hybridized carbons (Fsp3) is 1.00. The SMILES string of the molecule is CC(C)(C)N1CCN(C2CN3CCC2CC3)CC1. The third-order valence-electron chi connectivity index (χ3n) is 5.35. The van der Waals surface area contributed by atoms with Crippen LogP contribution in [0.5, 0.6) is 0 Å². The molecule has 0 amide bonds. The van der Waals surface area contributed by atoms with E-state index >= 15 is 0 Å². The molecule has 4 heterocycles. The van der Waals surface area contributed by atoms with Gasteiger partial charge in [-0.15, -0.1) is 0 Å². The third kappa shape index (κ3) is 2.45. The highest BCUT2D eigenvalue weighted by Crippen LogP contribution is 2.31. The van der Waals surface area contributed by atoms with Gasteiger partial charge in [-0.05, 0) is 52.6 Å². The summed E-state index contributed by atoms with van der Waals surface area (Å²) in [5.41, 5.74) is 0.348. The summed E-state index contributed by atoms with van der Waals surface area (Å²) in [7, 11) is 0. The number of rotatable bonds is 1. The van der Waals surface area contributed by atoms with Gasteiger partial charge in [0.05, 0.1) is 0 Å². The first-order valence-corrected chi connectivity index (χ1v) is 7.75. The predicted molar refractivity (Wildman–Crippen MR) is 75.9 cm³/mol. The van der Waals surface area contributed by atoms with Crippen molar-refractivity contribution in [1.29, 1.82) is 0 Å². The van der Waals surface area contributed by atoms with E-state index in [0.717, 1.165) is 12.0 Å². The number of nitrogens with zero attached hydrogens (tertiary/aromatic N) is 3. The molecule has 0 saturated carbocycles. The Balaban J connectivity index is 1.57. The standard InChI is InChI=1S/C15H29N3/c1-15(2,3)18-10-8-17(9-11-18)14-12-16-6-4-13(14)5-7-16/h13-14H,4-12H2,1-3H3. The average Bonchev–Trinajstić information content (AvgIpc) is 2.39. The maximum atomic E-state index is 2.79. The van der Waals surface area contributed by atoms with Crippen LogP contribution in [-0.4, -0.2) is 72.1 Å². The molecular weight excluding hydrogens is 222 g/mol. The van der Waals surface area contributed by atoms with Crippen LogP contribution < -0.4 is 0 Å². The maximum Gasteiger partial charge on any atom is 0.0253 e. The first-order valence-electron chi connectivity index (χ1n) is 7.75. The van der Waals surface area contributed by atoms with Crippen LogP contribution in [0.2, 0.25) is 0 Å². The van der Waals surface area contributed by atoms with Crippen molar-refractivity contribution in [3.63, 3.8) is 0 Å². The molecule has 2 bridgehead atoms. The summed E-state index contributed by atoms with van der Waals surface area (Å²) < 4.78 is 0. The van der Waals surface area contributed by atoms with E-state index in [0.29, 0.717) is 5.54 Å². The van der Waals surface area contributed by atoms with Crippen LogP contribution in [0.3, 0.4) is 0 Å². The van der Waals surface area contributed by atoms with Crippen LogP contribution in [0, 0.1) is 5.92 Å². The van der Waals surface area contributed by atoms with Crippen LogP contribution in [0.1, 0.15) is 33.6 Å². The monoisotopic (exact) mass is 251 g/mol. The summed E-state index contributed by atoms with van der Waals surface area (Å²) in [6.45, 7) is 16.2. The molecule has 4 fully saturated rings. The summed E-state index contributed by atoms with van der Waals surface area (Å²) in [5, 5.41) is 0. The van der Waals surface area contributed by atoms with Crippen molar-refractivity contribution in [1.82, 2.24) is 14.7 Å². The Labute approximate surface area is 112 Å². The molecule has 4 saturated heterocycles.